The number of hydrogen-bond donors (Lipinski definition) is 2. The Morgan fingerprint density at radius 2 is 2.21 bits per heavy atom. The Balaban J connectivity index is 2.12. The lowest BCUT2D eigenvalue weighted by molar-refractivity contribution is 0.0945. The van der Waals surface area contributed by atoms with Crippen molar-refractivity contribution in [3.05, 3.63) is 41.0 Å². The normalized spacial score (nSPS) is 10.5. The molecule has 6 nitrogen and oxygen atoms in total. The molecule has 1 amide bonds. The van der Waals surface area contributed by atoms with Crippen LogP contribution in [0.5, 0.6) is 0 Å². The van der Waals surface area contributed by atoms with E-state index in [1.54, 1.807) is 6.92 Å². The van der Waals surface area contributed by atoms with Gasteiger partial charge in [0.05, 0.1) is 17.8 Å². The van der Waals surface area contributed by atoms with Crippen LogP contribution in [0, 0.1) is 18.6 Å². The van der Waals surface area contributed by atoms with Crippen molar-refractivity contribution in [3.63, 3.8) is 0 Å². The Hall–Kier alpha value is -2.51. The molecule has 3 N–H and O–H groups in total. The number of nitrogens with zero attached hydrogens (tertiary/aromatic N) is 2. The Bertz CT molecular complexity index is 627. The minimum absolute atomic E-state index is 0.0635. The zero-order valence-electron chi connectivity index (χ0n) is 9.91. The summed E-state index contributed by atoms with van der Waals surface area (Å²) in [5, 5.41) is 5.88. The average Bonchev–Trinajstić information content (AvgIpc) is 2.76. The van der Waals surface area contributed by atoms with Crippen molar-refractivity contribution in [2.75, 3.05) is 5.73 Å². The first-order valence-electron chi connectivity index (χ1n) is 5.29. The fourth-order valence-corrected chi connectivity index (χ4v) is 1.44. The Kier molecular flexibility index (Phi) is 3.41. The lowest BCUT2D eigenvalue weighted by Crippen LogP contribution is -2.25. The van der Waals surface area contributed by atoms with E-state index < -0.39 is 28.8 Å². The van der Waals surface area contributed by atoms with Gasteiger partial charge in [0.2, 0.25) is 5.89 Å². The number of carbonyl (C=O) groups is 1. The third kappa shape index (κ3) is 2.84. The summed E-state index contributed by atoms with van der Waals surface area (Å²) in [6, 6.07) is 1.57. The van der Waals surface area contributed by atoms with Crippen molar-refractivity contribution in [3.8, 4) is 0 Å². The molecule has 0 radical (unpaired) electrons. The highest BCUT2D eigenvalue weighted by atomic mass is 19.1. The Morgan fingerprint density at radius 1 is 1.47 bits per heavy atom. The van der Waals surface area contributed by atoms with Gasteiger partial charge in [-0.15, -0.1) is 0 Å². The van der Waals surface area contributed by atoms with Crippen molar-refractivity contribution in [1.29, 1.82) is 0 Å². The fourth-order valence-electron chi connectivity index (χ4n) is 1.44. The molecule has 1 heterocycles. The molecule has 100 valence electrons. The van der Waals surface area contributed by atoms with E-state index in [1.165, 1.54) is 0 Å². The predicted molar refractivity (Wildman–Crippen MR) is 61.0 cm³/mol. The molecule has 1 aromatic heterocycles. The van der Waals surface area contributed by atoms with Gasteiger partial charge in [0.1, 0.15) is 5.82 Å². The third-order valence-electron chi connectivity index (χ3n) is 2.29. The molecule has 0 aliphatic rings. The van der Waals surface area contributed by atoms with Gasteiger partial charge in [0, 0.05) is 6.92 Å². The van der Waals surface area contributed by atoms with Gasteiger partial charge in [0.25, 0.3) is 5.91 Å². The SMILES string of the molecule is Cc1nc(CNC(=O)c2cc(F)cc(N)c2F)no1. The number of hydrogen-bond acceptors (Lipinski definition) is 5. The standard InChI is InChI=1S/C11H10F2N4O2/c1-5-16-9(17-19-5)4-15-11(18)7-2-6(12)3-8(14)10(7)13/h2-3H,4,14H2,1H3,(H,15,18). The molecule has 0 aliphatic heterocycles. The Labute approximate surface area is 106 Å². The number of nitrogen functional groups attached to an aromatic ring is 1. The van der Waals surface area contributed by atoms with Crippen molar-refractivity contribution in [1.82, 2.24) is 15.5 Å². The molecule has 0 saturated heterocycles. The van der Waals surface area contributed by atoms with E-state index in [0.29, 0.717) is 5.89 Å². The first-order valence-corrected chi connectivity index (χ1v) is 5.29. The molecule has 2 rings (SSSR count). The van der Waals surface area contributed by atoms with Crippen LogP contribution in [0.4, 0.5) is 14.5 Å². The van der Waals surface area contributed by atoms with Crippen LogP contribution in [0.3, 0.4) is 0 Å². The van der Waals surface area contributed by atoms with Crippen molar-refractivity contribution in [2.24, 2.45) is 0 Å². The summed E-state index contributed by atoms with van der Waals surface area (Å²) in [5.74, 6) is -2.00. The van der Waals surface area contributed by atoms with Crippen molar-refractivity contribution in [2.45, 2.75) is 13.5 Å². The molecule has 0 aliphatic carbocycles. The molecule has 0 fully saturated rings. The minimum atomic E-state index is -0.969. The number of nitrogens with two attached hydrogens (primary N) is 1. The highest BCUT2D eigenvalue weighted by Crippen LogP contribution is 2.17. The van der Waals surface area contributed by atoms with Gasteiger partial charge in [-0.2, -0.15) is 4.98 Å². The van der Waals surface area contributed by atoms with E-state index in [4.69, 9.17) is 10.3 Å². The maximum Gasteiger partial charge on any atom is 0.254 e. The highest BCUT2D eigenvalue weighted by Gasteiger charge is 2.16. The van der Waals surface area contributed by atoms with E-state index in [9.17, 15) is 13.6 Å². The molecule has 19 heavy (non-hydrogen) atoms. The number of rotatable bonds is 3. The molecule has 0 bridgehead atoms. The summed E-state index contributed by atoms with van der Waals surface area (Å²) in [7, 11) is 0. The maximum absolute atomic E-state index is 13.6. The zero-order valence-corrected chi connectivity index (χ0v) is 9.91. The van der Waals surface area contributed by atoms with Crippen LogP contribution in [-0.4, -0.2) is 16.0 Å². The van der Waals surface area contributed by atoms with Crippen LogP contribution in [0.25, 0.3) is 0 Å². The first-order chi connectivity index (χ1) is 8.97. The topological polar surface area (TPSA) is 94.0 Å². The number of amides is 1. The smallest absolute Gasteiger partial charge is 0.254 e. The van der Waals surface area contributed by atoms with E-state index in [1.807, 2.05) is 0 Å². The van der Waals surface area contributed by atoms with Gasteiger partial charge in [-0.3, -0.25) is 4.79 Å². The van der Waals surface area contributed by atoms with Crippen molar-refractivity contribution < 1.29 is 18.1 Å². The molecular weight excluding hydrogens is 258 g/mol. The molecule has 0 saturated carbocycles. The van der Waals surface area contributed by atoms with E-state index in [0.717, 1.165) is 12.1 Å². The van der Waals surface area contributed by atoms with Crippen LogP contribution in [-0.2, 0) is 6.54 Å². The summed E-state index contributed by atoms with van der Waals surface area (Å²) in [6.45, 7) is 1.53. The largest absolute Gasteiger partial charge is 0.396 e. The average molecular weight is 268 g/mol. The second kappa shape index (κ2) is 5.01. The number of halogens is 2. The second-order valence-corrected chi connectivity index (χ2v) is 3.77. The zero-order chi connectivity index (χ0) is 14.0. The van der Waals surface area contributed by atoms with Crippen molar-refractivity contribution >= 4 is 11.6 Å². The fraction of sp³-hybridized carbons (Fsp3) is 0.182. The summed E-state index contributed by atoms with van der Waals surface area (Å²) in [5.41, 5.74) is 4.33. The van der Waals surface area contributed by atoms with Crippen LogP contribution >= 0.6 is 0 Å². The van der Waals surface area contributed by atoms with E-state index in [-0.39, 0.29) is 12.4 Å². The molecule has 1 aromatic carbocycles. The van der Waals surface area contributed by atoms with Gasteiger partial charge < -0.3 is 15.6 Å². The van der Waals surface area contributed by atoms with Crippen LogP contribution in [0.15, 0.2) is 16.7 Å². The Morgan fingerprint density at radius 3 is 2.84 bits per heavy atom. The quantitative estimate of drug-likeness (QED) is 0.815. The third-order valence-corrected chi connectivity index (χ3v) is 2.29. The number of aryl methyl sites for hydroxylation is 1. The van der Waals surface area contributed by atoms with Gasteiger partial charge in [-0.1, -0.05) is 5.16 Å². The first kappa shape index (κ1) is 12.9. The van der Waals surface area contributed by atoms with E-state index in [2.05, 4.69) is 15.5 Å². The van der Waals surface area contributed by atoms with Crippen LogP contribution in [0.2, 0.25) is 0 Å². The van der Waals surface area contributed by atoms with E-state index >= 15 is 0 Å². The highest BCUT2D eigenvalue weighted by molar-refractivity contribution is 5.95. The van der Waals surface area contributed by atoms with Crippen LogP contribution in [0.1, 0.15) is 22.1 Å². The predicted octanol–water partition coefficient (Wildman–Crippen LogP) is 1.17. The number of anilines is 1. The second-order valence-electron chi connectivity index (χ2n) is 3.77. The number of carbonyl (C=O) groups excluding carboxylic acids is 1. The number of benzene rings is 1. The summed E-state index contributed by atoms with van der Waals surface area (Å²) < 4.78 is 31.3. The molecular formula is C11H10F2N4O2. The van der Waals surface area contributed by atoms with Crippen LogP contribution < -0.4 is 11.1 Å². The molecule has 0 atom stereocenters. The maximum atomic E-state index is 13.6. The lowest BCUT2D eigenvalue weighted by Gasteiger charge is -2.06. The van der Waals surface area contributed by atoms with Gasteiger partial charge in [0.15, 0.2) is 11.6 Å². The van der Waals surface area contributed by atoms with Gasteiger partial charge in [-0.25, -0.2) is 8.78 Å². The van der Waals surface area contributed by atoms with Gasteiger partial charge >= 0.3 is 0 Å². The summed E-state index contributed by atoms with van der Waals surface area (Å²) in [4.78, 5) is 15.5. The van der Waals surface area contributed by atoms with Gasteiger partial charge in [-0.05, 0) is 12.1 Å². The molecule has 8 heteroatoms. The molecule has 0 unspecified atom stereocenters. The minimum Gasteiger partial charge on any atom is -0.396 e. The molecule has 2 aromatic rings. The monoisotopic (exact) mass is 268 g/mol. The lowest BCUT2D eigenvalue weighted by atomic mass is 10.1. The number of nitrogens with one attached hydrogen (secondary N) is 1. The summed E-state index contributed by atoms with van der Waals surface area (Å²) in [6.07, 6.45) is 0. The number of aromatic nitrogens is 2. The summed E-state index contributed by atoms with van der Waals surface area (Å²) >= 11 is 0. The molecule has 0 spiro atoms.